The molecule has 0 unspecified atom stereocenters. The Kier molecular flexibility index (Phi) is 4.74. The molecule has 1 aliphatic heterocycles. The first-order chi connectivity index (χ1) is 9.61. The highest BCUT2D eigenvalue weighted by Crippen LogP contribution is 2.19. The molecule has 1 aromatic rings. The van der Waals surface area contributed by atoms with Crippen LogP contribution in [0.15, 0.2) is 29.5 Å². The summed E-state index contributed by atoms with van der Waals surface area (Å²) in [7, 11) is 0. The number of amides is 1. The molecule has 5 heteroatoms. The van der Waals surface area contributed by atoms with E-state index in [0.717, 1.165) is 12.0 Å². The zero-order valence-electron chi connectivity index (χ0n) is 11.4. The molecule has 0 saturated carbocycles. The van der Waals surface area contributed by atoms with Crippen molar-refractivity contribution >= 4 is 5.91 Å². The van der Waals surface area contributed by atoms with Gasteiger partial charge in [-0.3, -0.25) is 4.79 Å². The Hall–Kier alpha value is -1.88. The maximum atomic E-state index is 13.2. The summed E-state index contributed by atoms with van der Waals surface area (Å²) in [4.78, 5) is 12.0. The quantitative estimate of drug-likeness (QED) is 0.886. The first-order valence-electron chi connectivity index (χ1n) is 6.60. The van der Waals surface area contributed by atoms with E-state index in [4.69, 9.17) is 9.84 Å². The second-order valence-electron chi connectivity index (χ2n) is 4.75. The summed E-state index contributed by atoms with van der Waals surface area (Å²) in [6, 6.07) is 4.43. The summed E-state index contributed by atoms with van der Waals surface area (Å²) in [6.45, 7) is 2.38. The first-order valence-corrected chi connectivity index (χ1v) is 6.60. The van der Waals surface area contributed by atoms with Crippen molar-refractivity contribution in [3.63, 3.8) is 0 Å². The molecule has 0 fully saturated rings. The van der Waals surface area contributed by atoms with E-state index in [9.17, 15) is 9.18 Å². The van der Waals surface area contributed by atoms with Crippen LogP contribution in [0.1, 0.15) is 30.9 Å². The van der Waals surface area contributed by atoms with Crippen molar-refractivity contribution in [2.24, 2.45) is 0 Å². The molecule has 108 valence electrons. The highest BCUT2D eigenvalue weighted by atomic mass is 19.1. The Morgan fingerprint density at radius 1 is 1.50 bits per heavy atom. The molecule has 0 atom stereocenters. The monoisotopic (exact) mass is 279 g/mol. The van der Waals surface area contributed by atoms with E-state index < -0.39 is 5.82 Å². The predicted octanol–water partition coefficient (Wildman–Crippen LogP) is 2.02. The van der Waals surface area contributed by atoms with Crippen LogP contribution in [0.4, 0.5) is 4.39 Å². The number of allylic oxidation sites excluding steroid dienone is 1. The van der Waals surface area contributed by atoms with Gasteiger partial charge in [0.2, 0.25) is 0 Å². The summed E-state index contributed by atoms with van der Waals surface area (Å²) < 4.78 is 18.6. The maximum Gasteiger partial charge on any atom is 0.250 e. The van der Waals surface area contributed by atoms with E-state index in [1.165, 1.54) is 6.07 Å². The third-order valence-corrected chi connectivity index (χ3v) is 3.32. The van der Waals surface area contributed by atoms with E-state index >= 15 is 0 Å². The molecule has 0 radical (unpaired) electrons. The smallest absolute Gasteiger partial charge is 0.250 e. The second kappa shape index (κ2) is 6.52. The van der Waals surface area contributed by atoms with Gasteiger partial charge in [-0.05, 0) is 37.5 Å². The van der Waals surface area contributed by atoms with Gasteiger partial charge in [0.25, 0.3) is 5.91 Å². The number of ether oxygens (including phenoxy) is 1. The second-order valence-corrected chi connectivity index (χ2v) is 4.75. The van der Waals surface area contributed by atoms with Gasteiger partial charge in [-0.15, -0.1) is 0 Å². The fourth-order valence-electron chi connectivity index (χ4n) is 2.16. The summed E-state index contributed by atoms with van der Waals surface area (Å²) >= 11 is 0. The molecular weight excluding hydrogens is 261 g/mol. The Morgan fingerprint density at radius 2 is 2.30 bits per heavy atom. The Balaban J connectivity index is 2.00. The number of hydrogen-bond donors (Lipinski definition) is 2. The van der Waals surface area contributed by atoms with Gasteiger partial charge in [-0.25, -0.2) is 4.39 Å². The molecule has 0 bridgehead atoms. The number of halogens is 1. The normalized spacial score (nSPS) is 14.9. The molecule has 4 nitrogen and oxygen atoms in total. The van der Waals surface area contributed by atoms with Crippen LogP contribution in [0.25, 0.3) is 0 Å². The molecule has 2 N–H and O–H groups in total. The van der Waals surface area contributed by atoms with Crippen LogP contribution in [0.2, 0.25) is 0 Å². The van der Waals surface area contributed by atoms with E-state index in [-0.39, 0.29) is 18.1 Å². The fourth-order valence-corrected chi connectivity index (χ4v) is 2.16. The van der Waals surface area contributed by atoms with Gasteiger partial charge >= 0.3 is 0 Å². The predicted molar refractivity (Wildman–Crippen MR) is 72.1 cm³/mol. The van der Waals surface area contributed by atoms with E-state index in [2.05, 4.69) is 5.32 Å². The number of aliphatic hydroxyl groups is 1. The highest BCUT2D eigenvalue weighted by molar-refractivity contribution is 5.93. The van der Waals surface area contributed by atoms with Crippen LogP contribution in [0.3, 0.4) is 0 Å². The van der Waals surface area contributed by atoms with Crippen molar-refractivity contribution in [3.8, 4) is 0 Å². The number of rotatable bonds is 4. The number of carbonyl (C=O) groups is 1. The van der Waals surface area contributed by atoms with Gasteiger partial charge in [-0.1, -0.05) is 6.07 Å². The number of aliphatic hydroxyl groups excluding tert-OH is 1. The van der Waals surface area contributed by atoms with Gasteiger partial charge in [0.1, 0.15) is 11.6 Å². The van der Waals surface area contributed by atoms with Crippen molar-refractivity contribution in [2.45, 2.75) is 32.9 Å². The van der Waals surface area contributed by atoms with Gasteiger partial charge in [0.15, 0.2) is 0 Å². The first kappa shape index (κ1) is 14.5. The Bertz CT molecular complexity index is 540. The fraction of sp³-hybridized carbons (Fsp3) is 0.400. The van der Waals surface area contributed by atoms with Crippen molar-refractivity contribution < 1.29 is 19.0 Å². The largest absolute Gasteiger partial charge is 0.498 e. The lowest BCUT2D eigenvalue weighted by atomic mass is 10.1. The zero-order valence-corrected chi connectivity index (χ0v) is 11.4. The molecule has 0 saturated heterocycles. The van der Waals surface area contributed by atoms with Crippen LogP contribution in [0, 0.1) is 5.82 Å². The lowest BCUT2D eigenvalue weighted by Gasteiger charge is -2.18. The van der Waals surface area contributed by atoms with Crippen LogP contribution >= 0.6 is 0 Å². The number of nitrogens with one attached hydrogen (secondary N) is 1. The van der Waals surface area contributed by atoms with Crippen molar-refractivity contribution in [1.82, 2.24) is 5.32 Å². The summed E-state index contributed by atoms with van der Waals surface area (Å²) in [5.41, 5.74) is 1.65. The van der Waals surface area contributed by atoms with Crippen molar-refractivity contribution in [2.75, 3.05) is 6.61 Å². The van der Waals surface area contributed by atoms with Gasteiger partial charge < -0.3 is 15.2 Å². The minimum absolute atomic E-state index is 0.155. The third-order valence-electron chi connectivity index (χ3n) is 3.32. The molecule has 0 aliphatic carbocycles. The lowest BCUT2D eigenvalue weighted by molar-refractivity contribution is -0.118. The molecule has 0 aromatic heterocycles. The summed E-state index contributed by atoms with van der Waals surface area (Å²) in [5, 5.41) is 11.8. The van der Waals surface area contributed by atoms with Gasteiger partial charge in [-0.2, -0.15) is 0 Å². The minimum atomic E-state index is -0.443. The molecule has 1 aromatic carbocycles. The van der Waals surface area contributed by atoms with Crippen LogP contribution in [0.5, 0.6) is 0 Å². The van der Waals surface area contributed by atoms with E-state index in [1.807, 2.05) is 0 Å². The molecule has 1 heterocycles. The standard InChI is InChI=1S/C15H18FNO3/c1-10-13(3-2-6-20-10)15(19)17-8-11-4-5-14(16)12(7-11)9-18/h4-5,7,18H,2-3,6,8-9H2,1H3,(H,17,19). The van der Waals surface area contributed by atoms with E-state index in [0.29, 0.717) is 30.9 Å². The topological polar surface area (TPSA) is 58.6 Å². The zero-order chi connectivity index (χ0) is 14.5. The van der Waals surface area contributed by atoms with E-state index in [1.54, 1.807) is 19.1 Å². The average Bonchev–Trinajstić information content (AvgIpc) is 2.46. The van der Waals surface area contributed by atoms with Crippen LogP contribution in [-0.2, 0) is 22.7 Å². The lowest BCUT2D eigenvalue weighted by Crippen LogP contribution is -2.27. The van der Waals surface area contributed by atoms with Gasteiger partial charge in [0.05, 0.1) is 18.8 Å². The molecule has 1 amide bonds. The van der Waals surface area contributed by atoms with Crippen LogP contribution < -0.4 is 5.32 Å². The molecule has 2 rings (SSSR count). The summed E-state index contributed by atoms with van der Waals surface area (Å²) in [5.74, 6) is 0.0720. The molecular formula is C15H18FNO3. The Morgan fingerprint density at radius 3 is 3.00 bits per heavy atom. The van der Waals surface area contributed by atoms with Crippen molar-refractivity contribution in [1.29, 1.82) is 0 Å². The number of carbonyl (C=O) groups excluding carboxylic acids is 1. The third kappa shape index (κ3) is 3.36. The highest BCUT2D eigenvalue weighted by Gasteiger charge is 2.17. The van der Waals surface area contributed by atoms with Gasteiger partial charge in [0, 0.05) is 12.1 Å². The number of hydrogen-bond acceptors (Lipinski definition) is 3. The maximum absolute atomic E-state index is 13.2. The van der Waals surface area contributed by atoms with Crippen LogP contribution in [-0.4, -0.2) is 17.6 Å². The summed E-state index contributed by atoms with van der Waals surface area (Å²) in [6.07, 6.45) is 1.55. The SMILES string of the molecule is CC1=C(C(=O)NCc2ccc(F)c(CO)c2)CCCO1. The molecule has 0 spiro atoms. The minimum Gasteiger partial charge on any atom is -0.498 e. The average molecular weight is 279 g/mol. The van der Waals surface area contributed by atoms with Crippen molar-refractivity contribution in [3.05, 3.63) is 46.5 Å². The Labute approximate surface area is 117 Å². The molecule has 20 heavy (non-hydrogen) atoms. The number of benzene rings is 1. The molecule has 1 aliphatic rings.